The second-order valence-corrected chi connectivity index (χ2v) is 3.68. The van der Waals surface area contributed by atoms with Gasteiger partial charge in [-0.3, -0.25) is 9.69 Å². The van der Waals surface area contributed by atoms with E-state index in [2.05, 4.69) is 0 Å². The molecule has 0 aromatic carbocycles. The van der Waals surface area contributed by atoms with E-state index < -0.39 is 12.0 Å². The zero-order valence-corrected chi connectivity index (χ0v) is 8.36. The van der Waals surface area contributed by atoms with Crippen molar-refractivity contribution >= 4 is 5.97 Å². The molecule has 0 spiro atoms. The van der Waals surface area contributed by atoms with Crippen molar-refractivity contribution in [1.82, 2.24) is 4.90 Å². The number of aliphatic carboxylic acids is 1. The van der Waals surface area contributed by atoms with E-state index in [4.69, 9.17) is 9.84 Å². The molecule has 1 fully saturated rings. The third-order valence-corrected chi connectivity index (χ3v) is 2.60. The maximum absolute atomic E-state index is 11.0. The van der Waals surface area contributed by atoms with Crippen molar-refractivity contribution in [2.24, 2.45) is 0 Å². The van der Waals surface area contributed by atoms with Crippen LogP contribution in [0.25, 0.3) is 0 Å². The molecule has 0 saturated carbocycles. The molecule has 0 radical (unpaired) electrons. The molecule has 0 aromatic heterocycles. The van der Waals surface area contributed by atoms with Gasteiger partial charge in [0.2, 0.25) is 0 Å². The first-order valence-electron chi connectivity index (χ1n) is 4.59. The molecule has 4 nitrogen and oxygen atoms in total. The van der Waals surface area contributed by atoms with Crippen molar-refractivity contribution < 1.29 is 14.6 Å². The Morgan fingerprint density at radius 3 is 2.62 bits per heavy atom. The van der Waals surface area contributed by atoms with Gasteiger partial charge in [0.15, 0.2) is 0 Å². The third kappa shape index (κ3) is 2.00. The number of likely N-dealkylation sites (tertiary alicyclic amines) is 1. The van der Waals surface area contributed by atoms with Crippen LogP contribution in [-0.4, -0.2) is 47.8 Å². The van der Waals surface area contributed by atoms with Crippen LogP contribution < -0.4 is 0 Å². The Labute approximate surface area is 78.5 Å². The Kier molecular flexibility index (Phi) is 3.27. The lowest BCUT2D eigenvalue weighted by Crippen LogP contribution is -2.45. The minimum atomic E-state index is -0.780. The first-order chi connectivity index (χ1) is 6.07. The van der Waals surface area contributed by atoms with E-state index in [0.717, 1.165) is 13.0 Å². The van der Waals surface area contributed by atoms with E-state index >= 15 is 0 Å². The molecule has 0 amide bonds. The van der Waals surface area contributed by atoms with Crippen LogP contribution >= 0.6 is 0 Å². The second kappa shape index (κ2) is 4.07. The summed E-state index contributed by atoms with van der Waals surface area (Å²) in [5, 5.41) is 9.01. The average molecular weight is 187 g/mol. The monoisotopic (exact) mass is 187 g/mol. The van der Waals surface area contributed by atoms with E-state index in [1.54, 1.807) is 7.11 Å². The van der Waals surface area contributed by atoms with Gasteiger partial charge in [-0.25, -0.2) is 0 Å². The lowest BCUT2D eigenvalue weighted by molar-refractivity contribution is -0.146. The van der Waals surface area contributed by atoms with Crippen molar-refractivity contribution in [1.29, 1.82) is 0 Å². The third-order valence-electron chi connectivity index (χ3n) is 2.60. The van der Waals surface area contributed by atoms with Crippen molar-refractivity contribution in [3.63, 3.8) is 0 Å². The molecule has 1 rings (SSSR count). The Morgan fingerprint density at radius 2 is 2.23 bits per heavy atom. The number of carboxylic acid groups (broad SMARTS) is 1. The number of hydrogen-bond donors (Lipinski definition) is 1. The van der Waals surface area contributed by atoms with Gasteiger partial charge in [-0.15, -0.1) is 0 Å². The second-order valence-electron chi connectivity index (χ2n) is 3.68. The Balaban J connectivity index is 2.73. The minimum absolute atomic E-state index is 0.153. The Morgan fingerprint density at radius 1 is 1.62 bits per heavy atom. The standard InChI is InChI=1S/C9H17NO3/c1-6(2)10-5-4-7(13-3)8(10)9(11)12/h6-8H,4-5H2,1-3H3,(H,11,12)/t7-,8+/m1/s1. The summed E-state index contributed by atoms with van der Waals surface area (Å²) in [6, 6.07) is -0.203. The number of hydrogen-bond acceptors (Lipinski definition) is 3. The van der Waals surface area contributed by atoms with Crippen LogP contribution in [0.5, 0.6) is 0 Å². The number of ether oxygens (including phenoxy) is 1. The average Bonchev–Trinajstić information content (AvgIpc) is 2.46. The first kappa shape index (κ1) is 10.5. The fourth-order valence-corrected chi connectivity index (χ4v) is 1.91. The van der Waals surface area contributed by atoms with E-state index in [9.17, 15) is 4.79 Å². The maximum Gasteiger partial charge on any atom is 0.323 e. The smallest absolute Gasteiger partial charge is 0.323 e. The summed E-state index contributed by atoms with van der Waals surface area (Å²) >= 11 is 0. The van der Waals surface area contributed by atoms with Crippen LogP contribution in [0.2, 0.25) is 0 Å². The summed E-state index contributed by atoms with van der Waals surface area (Å²) in [6.07, 6.45) is 0.658. The van der Waals surface area contributed by atoms with Gasteiger partial charge in [0.1, 0.15) is 6.04 Å². The van der Waals surface area contributed by atoms with Crippen molar-refractivity contribution in [3.8, 4) is 0 Å². The van der Waals surface area contributed by atoms with Gasteiger partial charge in [-0.05, 0) is 20.3 Å². The molecule has 1 saturated heterocycles. The SMILES string of the molecule is CO[C@@H]1CCN(C(C)C)[C@@H]1C(=O)O. The van der Waals surface area contributed by atoms with Crippen molar-refractivity contribution in [3.05, 3.63) is 0 Å². The molecule has 0 unspecified atom stereocenters. The molecule has 76 valence electrons. The van der Waals surface area contributed by atoms with Crippen molar-refractivity contribution in [2.75, 3.05) is 13.7 Å². The van der Waals surface area contributed by atoms with Gasteiger partial charge in [-0.1, -0.05) is 0 Å². The molecule has 1 N–H and O–H groups in total. The maximum atomic E-state index is 11.0. The van der Waals surface area contributed by atoms with Crippen LogP contribution in [0.15, 0.2) is 0 Å². The van der Waals surface area contributed by atoms with E-state index in [1.165, 1.54) is 0 Å². The molecule has 2 atom stereocenters. The van der Waals surface area contributed by atoms with Crippen LogP contribution in [0, 0.1) is 0 Å². The topological polar surface area (TPSA) is 49.8 Å². The Hall–Kier alpha value is -0.610. The highest BCUT2D eigenvalue weighted by Gasteiger charge is 2.40. The lowest BCUT2D eigenvalue weighted by atomic mass is 10.1. The summed E-state index contributed by atoms with van der Waals surface area (Å²) in [5.41, 5.74) is 0. The largest absolute Gasteiger partial charge is 0.480 e. The van der Waals surface area contributed by atoms with E-state index in [1.807, 2.05) is 18.7 Å². The number of carbonyl (C=O) groups is 1. The molecule has 1 aliphatic rings. The van der Waals surface area contributed by atoms with E-state index in [0.29, 0.717) is 0 Å². The molecule has 0 aromatic rings. The Bertz CT molecular complexity index is 193. The molecule has 4 heteroatoms. The molecule has 0 bridgehead atoms. The summed E-state index contributed by atoms with van der Waals surface area (Å²) in [4.78, 5) is 12.9. The number of rotatable bonds is 3. The molecule has 0 aliphatic carbocycles. The zero-order chi connectivity index (χ0) is 10.0. The van der Waals surface area contributed by atoms with Gasteiger partial charge < -0.3 is 9.84 Å². The zero-order valence-electron chi connectivity index (χ0n) is 8.36. The summed E-state index contributed by atoms with van der Waals surface area (Å²) in [5.74, 6) is -0.780. The van der Waals surface area contributed by atoms with Gasteiger partial charge in [0.05, 0.1) is 6.10 Å². The van der Waals surface area contributed by atoms with E-state index in [-0.39, 0.29) is 12.1 Å². The minimum Gasteiger partial charge on any atom is -0.480 e. The summed E-state index contributed by atoms with van der Waals surface area (Å²) < 4.78 is 5.14. The predicted molar refractivity (Wildman–Crippen MR) is 48.7 cm³/mol. The number of methoxy groups -OCH3 is 1. The number of carboxylic acids is 1. The van der Waals surface area contributed by atoms with Crippen LogP contribution in [-0.2, 0) is 9.53 Å². The quantitative estimate of drug-likeness (QED) is 0.701. The highest BCUT2D eigenvalue weighted by atomic mass is 16.5. The van der Waals surface area contributed by atoms with Gasteiger partial charge in [-0.2, -0.15) is 0 Å². The molecular weight excluding hydrogens is 170 g/mol. The highest BCUT2D eigenvalue weighted by Crippen LogP contribution is 2.22. The molecular formula is C9H17NO3. The van der Waals surface area contributed by atoms with Crippen LogP contribution in [0.3, 0.4) is 0 Å². The van der Waals surface area contributed by atoms with Gasteiger partial charge in [0, 0.05) is 19.7 Å². The van der Waals surface area contributed by atoms with Gasteiger partial charge >= 0.3 is 5.97 Å². The van der Waals surface area contributed by atoms with Crippen LogP contribution in [0.1, 0.15) is 20.3 Å². The summed E-state index contributed by atoms with van der Waals surface area (Å²) in [6.45, 7) is 4.83. The predicted octanol–water partition coefficient (Wildman–Crippen LogP) is 0.569. The van der Waals surface area contributed by atoms with Crippen molar-refractivity contribution in [2.45, 2.75) is 38.5 Å². The normalized spacial score (nSPS) is 29.8. The van der Waals surface area contributed by atoms with Crippen LogP contribution in [0.4, 0.5) is 0 Å². The highest BCUT2D eigenvalue weighted by molar-refractivity contribution is 5.74. The first-order valence-corrected chi connectivity index (χ1v) is 4.59. The fourth-order valence-electron chi connectivity index (χ4n) is 1.91. The molecule has 1 aliphatic heterocycles. The van der Waals surface area contributed by atoms with Gasteiger partial charge in [0.25, 0.3) is 0 Å². The molecule has 13 heavy (non-hydrogen) atoms. The summed E-state index contributed by atoms with van der Waals surface area (Å²) in [7, 11) is 1.57. The number of nitrogens with zero attached hydrogens (tertiary/aromatic N) is 1. The lowest BCUT2D eigenvalue weighted by Gasteiger charge is -2.27. The molecule has 1 heterocycles. The fraction of sp³-hybridized carbons (Fsp3) is 0.889.